The van der Waals surface area contributed by atoms with Crippen molar-refractivity contribution < 1.29 is 39.2 Å². The van der Waals surface area contributed by atoms with Gasteiger partial charge in [-0.15, -0.1) is 0 Å². The van der Waals surface area contributed by atoms with Crippen molar-refractivity contribution in [3.8, 4) is 0 Å². The van der Waals surface area contributed by atoms with Gasteiger partial charge in [-0.3, -0.25) is 0 Å². The van der Waals surface area contributed by atoms with Crippen molar-refractivity contribution >= 4 is 23.9 Å². The van der Waals surface area contributed by atoms with Gasteiger partial charge in [-0.05, 0) is 55.5 Å². The summed E-state index contributed by atoms with van der Waals surface area (Å²) in [6, 6.07) is 21.8. The summed E-state index contributed by atoms with van der Waals surface area (Å²) >= 11 is 0. The molecule has 182 valence electrons. The van der Waals surface area contributed by atoms with Crippen molar-refractivity contribution in [1.29, 1.82) is 0 Å². The first-order valence-corrected chi connectivity index (χ1v) is 10.9. The van der Waals surface area contributed by atoms with E-state index < -0.39 is 23.9 Å². The number of carbonyl (C=O) groups excluding carboxylic acids is 1. The topological polar surface area (TPSA) is 138 Å². The van der Waals surface area contributed by atoms with Crippen LogP contribution in [0.3, 0.4) is 0 Å². The molecule has 0 bridgehead atoms. The summed E-state index contributed by atoms with van der Waals surface area (Å²) in [5.41, 5.74) is 1.00. The Morgan fingerprint density at radius 1 is 0.543 bits per heavy atom. The molecule has 0 saturated heterocycles. The largest absolute Gasteiger partial charge is 0.478 e. The zero-order chi connectivity index (χ0) is 25.6. The van der Waals surface area contributed by atoms with Gasteiger partial charge >= 0.3 is 23.9 Å². The van der Waals surface area contributed by atoms with Crippen LogP contribution in [0.25, 0.3) is 0 Å². The van der Waals surface area contributed by atoms with Crippen LogP contribution < -0.4 is 0 Å². The Labute approximate surface area is 202 Å². The van der Waals surface area contributed by atoms with Crippen LogP contribution >= 0.6 is 0 Å². The Kier molecular flexibility index (Phi) is 10.7. The average Bonchev–Trinajstić information content (AvgIpc) is 2.87. The highest BCUT2D eigenvalue weighted by Gasteiger charge is 2.16. The van der Waals surface area contributed by atoms with Crippen LogP contribution in [0.5, 0.6) is 0 Å². The van der Waals surface area contributed by atoms with E-state index in [1.807, 2.05) is 18.2 Å². The second kappa shape index (κ2) is 13.9. The quantitative estimate of drug-likeness (QED) is 0.272. The second-order valence-electron chi connectivity index (χ2n) is 7.44. The van der Waals surface area contributed by atoms with Gasteiger partial charge in [-0.2, -0.15) is 0 Å². The molecular formula is C27H26O8. The van der Waals surface area contributed by atoms with Gasteiger partial charge in [0.1, 0.15) is 0 Å². The fraction of sp³-hybridized carbons (Fsp3) is 0.185. The number of aryl methyl sites for hydroxylation is 1. The van der Waals surface area contributed by atoms with Crippen LogP contribution in [0.4, 0.5) is 0 Å². The molecule has 8 heteroatoms. The number of carbonyl (C=O) groups is 4. The number of rotatable bonds is 10. The van der Waals surface area contributed by atoms with Gasteiger partial charge in [0.05, 0.1) is 28.9 Å². The molecule has 0 radical (unpaired) electrons. The minimum atomic E-state index is -1.23. The van der Waals surface area contributed by atoms with Crippen molar-refractivity contribution in [2.75, 3.05) is 6.61 Å². The van der Waals surface area contributed by atoms with E-state index in [1.165, 1.54) is 42.0 Å². The maximum atomic E-state index is 11.9. The Balaban J connectivity index is 0.000000303. The Morgan fingerprint density at radius 3 is 1.46 bits per heavy atom. The van der Waals surface area contributed by atoms with Crippen LogP contribution in [0.2, 0.25) is 0 Å². The molecule has 3 aromatic rings. The maximum absolute atomic E-state index is 11.9. The van der Waals surface area contributed by atoms with Crippen LogP contribution in [0.1, 0.15) is 66.3 Å². The van der Waals surface area contributed by atoms with Crippen molar-refractivity contribution in [3.63, 3.8) is 0 Å². The summed E-state index contributed by atoms with van der Waals surface area (Å²) in [5.74, 6) is -4.16. The molecular weight excluding hydrogens is 452 g/mol. The number of carboxylic acids is 3. The molecule has 0 fully saturated rings. The predicted molar refractivity (Wildman–Crippen MR) is 128 cm³/mol. The van der Waals surface area contributed by atoms with E-state index in [2.05, 4.69) is 12.1 Å². The Bertz CT molecular complexity index is 1120. The molecule has 0 aliphatic rings. The van der Waals surface area contributed by atoms with Crippen molar-refractivity contribution in [2.24, 2.45) is 0 Å². The van der Waals surface area contributed by atoms with Crippen LogP contribution in [-0.4, -0.2) is 45.8 Å². The van der Waals surface area contributed by atoms with Crippen LogP contribution in [0, 0.1) is 0 Å². The summed E-state index contributed by atoms with van der Waals surface area (Å²) < 4.78 is 5.17. The first-order chi connectivity index (χ1) is 16.8. The molecule has 0 aliphatic heterocycles. The number of carboxylic acid groups (broad SMARTS) is 3. The third kappa shape index (κ3) is 8.77. The number of esters is 1. The molecule has 0 spiro atoms. The Morgan fingerprint density at radius 2 is 0.971 bits per heavy atom. The highest BCUT2D eigenvalue weighted by Crippen LogP contribution is 2.12. The number of aromatic carboxylic acids is 3. The number of unbranched alkanes of at least 4 members (excludes halogenated alkanes) is 2. The molecule has 3 rings (SSSR count). The summed E-state index contributed by atoms with van der Waals surface area (Å²) in [5, 5.41) is 26.2. The third-order valence-corrected chi connectivity index (χ3v) is 4.95. The van der Waals surface area contributed by atoms with Gasteiger partial charge in [0.2, 0.25) is 0 Å². The molecule has 0 heterocycles. The molecule has 0 aromatic heterocycles. The number of hydrogen-bond donors (Lipinski definition) is 3. The smallest absolute Gasteiger partial charge is 0.339 e. The van der Waals surface area contributed by atoms with Gasteiger partial charge in [0.15, 0.2) is 0 Å². The highest BCUT2D eigenvalue weighted by atomic mass is 16.5. The lowest BCUT2D eigenvalue weighted by atomic mass is 10.1. The first-order valence-electron chi connectivity index (χ1n) is 10.9. The van der Waals surface area contributed by atoms with Crippen molar-refractivity contribution in [1.82, 2.24) is 0 Å². The number of hydrogen-bond acceptors (Lipinski definition) is 5. The molecule has 0 aliphatic carbocycles. The average molecular weight is 478 g/mol. The van der Waals surface area contributed by atoms with Crippen molar-refractivity contribution in [2.45, 2.75) is 25.7 Å². The minimum Gasteiger partial charge on any atom is -0.478 e. The lowest BCUT2D eigenvalue weighted by Gasteiger charge is -2.07. The van der Waals surface area contributed by atoms with E-state index in [-0.39, 0.29) is 22.3 Å². The fourth-order valence-corrected chi connectivity index (χ4v) is 3.20. The van der Waals surface area contributed by atoms with Gasteiger partial charge < -0.3 is 20.1 Å². The number of ether oxygens (including phenoxy) is 1. The molecule has 3 aromatic carbocycles. The SMILES string of the molecule is O=C(O)c1ccccc1C(=O)O.O=C(O)c1ccccc1C(=O)OCCCCCc1ccccc1. The first kappa shape index (κ1) is 26.8. The highest BCUT2D eigenvalue weighted by molar-refractivity contribution is 6.02. The lowest BCUT2D eigenvalue weighted by molar-refractivity contribution is 0.0487. The zero-order valence-corrected chi connectivity index (χ0v) is 18.9. The van der Waals surface area contributed by atoms with E-state index in [0.717, 1.165) is 25.7 Å². The van der Waals surface area contributed by atoms with E-state index in [0.29, 0.717) is 6.61 Å². The zero-order valence-electron chi connectivity index (χ0n) is 18.9. The number of benzene rings is 3. The van der Waals surface area contributed by atoms with E-state index >= 15 is 0 Å². The molecule has 0 atom stereocenters. The van der Waals surface area contributed by atoms with E-state index in [9.17, 15) is 19.2 Å². The van der Waals surface area contributed by atoms with Crippen LogP contribution in [0.15, 0.2) is 78.9 Å². The molecule has 35 heavy (non-hydrogen) atoms. The van der Waals surface area contributed by atoms with Crippen molar-refractivity contribution in [3.05, 3.63) is 107 Å². The summed E-state index contributed by atoms with van der Waals surface area (Å²) in [6.07, 6.45) is 3.78. The second-order valence-corrected chi connectivity index (χ2v) is 7.44. The molecule has 3 N–H and O–H groups in total. The monoisotopic (exact) mass is 478 g/mol. The summed E-state index contributed by atoms with van der Waals surface area (Å²) in [7, 11) is 0. The fourth-order valence-electron chi connectivity index (χ4n) is 3.20. The third-order valence-electron chi connectivity index (χ3n) is 4.95. The maximum Gasteiger partial charge on any atom is 0.339 e. The molecule has 8 nitrogen and oxygen atoms in total. The Hall–Kier alpha value is -4.46. The minimum absolute atomic E-state index is 0.0263. The standard InChI is InChI=1S/C19H20O4.C8H6O4/c20-18(21)16-12-6-7-13-17(16)19(22)23-14-8-2-5-11-15-9-3-1-4-10-15;9-7(10)5-3-1-2-4-6(5)8(11)12/h1,3-4,6-7,9-10,12-13H,2,5,8,11,14H2,(H,20,21);1-4H,(H,9,10)(H,11,12). The van der Waals surface area contributed by atoms with E-state index in [1.54, 1.807) is 12.1 Å². The van der Waals surface area contributed by atoms with E-state index in [4.69, 9.17) is 20.1 Å². The molecule has 0 amide bonds. The molecule has 0 saturated carbocycles. The van der Waals surface area contributed by atoms with Gasteiger partial charge in [0, 0.05) is 0 Å². The molecule has 0 unspecified atom stereocenters. The lowest BCUT2D eigenvalue weighted by Crippen LogP contribution is -2.12. The van der Waals surface area contributed by atoms with Gasteiger partial charge in [0.25, 0.3) is 0 Å². The van der Waals surface area contributed by atoms with Gasteiger partial charge in [-0.25, -0.2) is 19.2 Å². The normalized spacial score (nSPS) is 9.94. The van der Waals surface area contributed by atoms with Crippen LogP contribution in [-0.2, 0) is 11.2 Å². The van der Waals surface area contributed by atoms with Gasteiger partial charge in [-0.1, -0.05) is 54.6 Å². The summed E-state index contributed by atoms with van der Waals surface area (Å²) in [4.78, 5) is 43.9. The summed E-state index contributed by atoms with van der Waals surface area (Å²) in [6.45, 7) is 0.307. The predicted octanol–water partition coefficient (Wildman–Crippen LogP) is 5.04.